The largest absolute Gasteiger partial charge is 0.493 e. The molecule has 2 rings (SSSR count). The number of nitrogens with two attached hydrogens (primary N) is 1. The number of hydrogen-bond donors (Lipinski definition) is 1. The summed E-state index contributed by atoms with van der Waals surface area (Å²) < 4.78 is 7.33. The highest BCUT2D eigenvalue weighted by Crippen LogP contribution is 2.33. The third-order valence-corrected chi connectivity index (χ3v) is 2.55. The minimum atomic E-state index is 0.575. The van der Waals surface area contributed by atoms with Gasteiger partial charge in [-0.2, -0.15) is 0 Å². The van der Waals surface area contributed by atoms with Gasteiger partial charge in [-0.05, 0) is 35.9 Å². The van der Waals surface area contributed by atoms with Gasteiger partial charge in [0, 0.05) is 12.2 Å². The molecule has 1 aromatic carbocycles. The van der Waals surface area contributed by atoms with E-state index in [0.717, 1.165) is 18.5 Å². The van der Waals surface area contributed by atoms with Gasteiger partial charge in [0.2, 0.25) is 0 Å². The molecule has 18 heavy (non-hydrogen) atoms. The maximum atomic E-state index is 6.02. The van der Waals surface area contributed by atoms with Gasteiger partial charge in [-0.25, -0.2) is 4.68 Å². The summed E-state index contributed by atoms with van der Waals surface area (Å²) in [6.07, 6.45) is 0.953. The summed E-state index contributed by atoms with van der Waals surface area (Å²) in [7, 11) is 0. The van der Waals surface area contributed by atoms with Crippen LogP contribution >= 0.6 is 0 Å². The van der Waals surface area contributed by atoms with Crippen LogP contribution in [0.15, 0.2) is 18.2 Å². The minimum Gasteiger partial charge on any atom is -0.493 e. The smallest absolute Gasteiger partial charge is 0.187 e. The molecule has 6 nitrogen and oxygen atoms in total. The Bertz CT molecular complexity index is 523. The van der Waals surface area contributed by atoms with Gasteiger partial charge in [-0.3, -0.25) is 0 Å². The monoisotopic (exact) mass is 247 g/mol. The van der Waals surface area contributed by atoms with Crippen LogP contribution in [0.4, 0.5) is 5.69 Å². The lowest BCUT2D eigenvalue weighted by Gasteiger charge is -2.12. The van der Waals surface area contributed by atoms with E-state index in [4.69, 9.17) is 10.5 Å². The van der Waals surface area contributed by atoms with Crippen molar-refractivity contribution < 1.29 is 4.74 Å². The average molecular weight is 247 g/mol. The Morgan fingerprint density at radius 1 is 1.33 bits per heavy atom. The number of anilines is 1. The van der Waals surface area contributed by atoms with Gasteiger partial charge in [0.1, 0.15) is 5.75 Å². The molecule has 0 radical (unpaired) electrons. The number of benzene rings is 1. The average Bonchev–Trinajstić information content (AvgIpc) is 2.78. The summed E-state index contributed by atoms with van der Waals surface area (Å²) >= 11 is 0. The first kappa shape index (κ1) is 12.3. The second kappa shape index (κ2) is 5.48. The Balaban J connectivity index is 2.51. The molecule has 0 aliphatic rings. The number of hydrogen-bond acceptors (Lipinski definition) is 5. The molecular weight excluding hydrogens is 230 g/mol. The van der Waals surface area contributed by atoms with Crippen molar-refractivity contribution in [3.8, 4) is 17.1 Å². The molecule has 0 aliphatic carbocycles. The van der Waals surface area contributed by atoms with Gasteiger partial charge in [0.25, 0.3) is 0 Å². The van der Waals surface area contributed by atoms with Gasteiger partial charge in [0.15, 0.2) is 5.82 Å². The lowest BCUT2D eigenvalue weighted by atomic mass is 10.1. The van der Waals surface area contributed by atoms with Gasteiger partial charge < -0.3 is 10.5 Å². The van der Waals surface area contributed by atoms with Crippen LogP contribution < -0.4 is 10.5 Å². The number of nitrogen functional groups attached to an aromatic ring is 1. The van der Waals surface area contributed by atoms with Crippen molar-refractivity contribution in [1.29, 1.82) is 0 Å². The molecule has 0 spiro atoms. The summed E-state index contributed by atoms with van der Waals surface area (Å²) in [5.74, 6) is 1.36. The number of tetrazole rings is 1. The molecule has 1 heterocycles. The van der Waals surface area contributed by atoms with Gasteiger partial charge in [-0.1, -0.05) is 13.0 Å². The number of ether oxygens (including phenoxy) is 1. The zero-order valence-electron chi connectivity index (χ0n) is 10.6. The Morgan fingerprint density at radius 3 is 2.89 bits per heavy atom. The molecule has 0 aliphatic heterocycles. The Labute approximate surface area is 106 Å². The molecule has 2 N–H and O–H groups in total. The van der Waals surface area contributed by atoms with Crippen molar-refractivity contribution in [3.63, 3.8) is 0 Å². The zero-order valence-corrected chi connectivity index (χ0v) is 10.6. The molecule has 0 saturated carbocycles. The van der Waals surface area contributed by atoms with Gasteiger partial charge in [0.05, 0.1) is 12.2 Å². The fourth-order valence-electron chi connectivity index (χ4n) is 1.81. The van der Waals surface area contributed by atoms with Crippen molar-refractivity contribution in [2.24, 2.45) is 0 Å². The highest BCUT2D eigenvalue weighted by atomic mass is 16.5. The molecule has 0 atom stereocenters. The number of rotatable bonds is 5. The van der Waals surface area contributed by atoms with Crippen LogP contribution in [0.2, 0.25) is 0 Å². The maximum Gasteiger partial charge on any atom is 0.187 e. The van der Waals surface area contributed by atoms with E-state index in [1.54, 1.807) is 4.68 Å². The van der Waals surface area contributed by atoms with E-state index >= 15 is 0 Å². The number of nitrogens with zero attached hydrogens (tertiary/aromatic N) is 4. The van der Waals surface area contributed by atoms with E-state index in [2.05, 4.69) is 22.4 Å². The maximum absolute atomic E-state index is 6.02. The van der Waals surface area contributed by atoms with Gasteiger partial charge >= 0.3 is 0 Å². The molecule has 0 saturated heterocycles. The predicted molar refractivity (Wildman–Crippen MR) is 69.1 cm³/mol. The van der Waals surface area contributed by atoms with Crippen LogP contribution in [0, 0.1) is 0 Å². The van der Waals surface area contributed by atoms with E-state index in [1.165, 1.54) is 0 Å². The van der Waals surface area contributed by atoms with Crippen LogP contribution in [0.25, 0.3) is 11.4 Å². The van der Waals surface area contributed by atoms with Crippen molar-refractivity contribution in [1.82, 2.24) is 20.2 Å². The van der Waals surface area contributed by atoms with E-state index < -0.39 is 0 Å². The van der Waals surface area contributed by atoms with Crippen molar-refractivity contribution in [2.45, 2.75) is 26.8 Å². The standard InChI is InChI=1S/C12H17N5O/c1-3-8-17-12(14-15-16-17)11-9(13)6-5-7-10(11)18-4-2/h5-7H,3-4,8,13H2,1-2H3. The first-order valence-corrected chi connectivity index (χ1v) is 6.05. The Kier molecular flexibility index (Phi) is 3.76. The second-order valence-corrected chi connectivity index (χ2v) is 3.88. The summed E-state index contributed by atoms with van der Waals surface area (Å²) in [6.45, 7) is 5.33. The predicted octanol–water partition coefficient (Wildman–Crippen LogP) is 1.73. The Hall–Kier alpha value is -2.11. The number of aryl methyl sites for hydroxylation is 1. The van der Waals surface area contributed by atoms with Crippen LogP contribution in [-0.4, -0.2) is 26.8 Å². The summed E-state index contributed by atoms with van der Waals surface area (Å²) in [5, 5.41) is 11.7. The molecule has 0 bridgehead atoms. The molecule has 96 valence electrons. The third kappa shape index (κ3) is 2.27. The number of aromatic nitrogens is 4. The van der Waals surface area contributed by atoms with Crippen LogP contribution in [-0.2, 0) is 6.54 Å². The first-order valence-electron chi connectivity index (χ1n) is 6.05. The summed E-state index contributed by atoms with van der Waals surface area (Å²) in [4.78, 5) is 0. The van der Waals surface area contributed by atoms with Crippen LogP contribution in [0.1, 0.15) is 20.3 Å². The lowest BCUT2D eigenvalue weighted by molar-refractivity contribution is 0.341. The fourth-order valence-corrected chi connectivity index (χ4v) is 1.81. The van der Waals surface area contributed by atoms with E-state index in [-0.39, 0.29) is 0 Å². The van der Waals surface area contributed by atoms with Crippen LogP contribution in [0.3, 0.4) is 0 Å². The highest BCUT2D eigenvalue weighted by molar-refractivity contribution is 5.77. The van der Waals surface area contributed by atoms with Crippen molar-refractivity contribution in [3.05, 3.63) is 18.2 Å². The fraction of sp³-hybridized carbons (Fsp3) is 0.417. The SMILES string of the molecule is CCCn1nnnc1-c1c(N)cccc1OCC. The van der Waals surface area contributed by atoms with E-state index in [1.807, 2.05) is 25.1 Å². The molecule has 0 fully saturated rings. The topological polar surface area (TPSA) is 78.9 Å². The zero-order chi connectivity index (χ0) is 13.0. The minimum absolute atomic E-state index is 0.575. The normalized spacial score (nSPS) is 10.6. The quantitative estimate of drug-likeness (QED) is 0.814. The van der Waals surface area contributed by atoms with Crippen LogP contribution in [0.5, 0.6) is 5.75 Å². The third-order valence-electron chi connectivity index (χ3n) is 2.55. The molecule has 0 amide bonds. The highest BCUT2D eigenvalue weighted by Gasteiger charge is 2.16. The van der Waals surface area contributed by atoms with Crippen molar-refractivity contribution >= 4 is 5.69 Å². The lowest BCUT2D eigenvalue weighted by Crippen LogP contribution is -2.05. The second-order valence-electron chi connectivity index (χ2n) is 3.88. The summed E-state index contributed by atoms with van der Waals surface area (Å²) in [5.41, 5.74) is 7.40. The molecule has 0 unspecified atom stereocenters. The van der Waals surface area contributed by atoms with Gasteiger partial charge in [-0.15, -0.1) is 5.10 Å². The summed E-state index contributed by atoms with van der Waals surface area (Å²) in [6, 6.07) is 5.56. The van der Waals surface area contributed by atoms with Crippen molar-refractivity contribution in [2.75, 3.05) is 12.3 Å². The molecule has 1 aromatic heterocycles. The molecule has 2 aromatic rings. The van der Waals surface area contributed by atoms with E-state index in [0.29, 0.717) is 23.9 Å². The first-order chi connectivity index (χ1) is 8.77. The molecule has 6 heteroatoms. The Morgan fingerprint density at radius 2 is 2.17 bits per heavy atom. The molecular formula is C12H17N5O. The van der Waals surface area contributed by atoms with E-state index in [9.17, 15) is 0 Å².